The number of ether oxygens (including phenoxy) is 1. The van der Waals surface area contributed by atoms with Crippen LogP contribution in [0.15, 0.2) is 29.4 Å². The number of rotatable bonds is 7. The topological polar surface area (TPSA) is 56.1 Å². The smallest absolute Gasteiger partial charge is 0.230 e. The summed E-state index contributed by atoms with van der Waals surface area (Å²) in [7, 11) is 1.64. The van der Waals surface area contributed by atoms with E-state index in [4.69, 9.17) is 4.74 Å². The zero-order chi connectivity index (χ0) is 17.1. The van der Waals surface area contributed by atoms with E-state index in [2.05, 4.69) is 21.8 Å². The van der Waals surface area contributed by atoms with Gasteiger partial charge in [-0.2, -0.15) is 0 Å². The lowest BCUT2D eigenvalue weighted by Crippen LogP contribution is -2.25. The van der Waals surface area contributed by atoms with Crippen molar-refractivity contribution in [3.05, 3.63) is 41.2 Å². The van der Waals surface area contributed by atoms with Crippen LogP contribution in [0, 0.1) is 13.8 Å². The van der Waals surface area contributed by atoms with E-state index in [1.807, 2.05) is 31.2 Å². The predicted octanol–water partition coefficient (Wildman–Crippen LogP) is 3.25. The number of benzene rings is 1. The quantitative estimate of drug-likeness (QED) is 0.783. The number of imidazole rings is 1. The molecule has 0 bridgehead atoms. The van der Waals surface area contributed by atoms with Crippen molar-refractivity contribution in [3.8, 4) is 5.75 Å². The van der Waals surface area contributed by atoms with Crippen molar-refractivity contribution in [3.63, 3.8) is 0 Å². The minimum Gasteiger partial charge on any atom is -0.496 e. The molecule has 0 aliphatic heterocycles. The Kier molecular flexibility index (Phi) is 5.14. The first-order valence-corrected chi connectivity index (χ1v) is 9.15. The van der Waals surface area contributed by atoms with Crippen molar-refractivity contribution in [2.24, 2.45) is 0 Å². The number of nitrogens with zero attached hydrogens (tertiary/aromatic N) is 2. The molecular weight excluding hydrogens is 322 g/mol. The number of amides is 1. The van der Waals surface area contributed by atoms with Gasteiger partial charge in [0.05, 0.1) is 18.6 Å². The van der Waals surface area contributed by atoms with Crippen LogP contribution >= 0.6 is 11.8 Å². The van der Waals surface area contributed by atoms with Crippen LogP contribution in [0.25, 0.3) is 0 Å². The van der Waals surface area contributed by atoms with Crippen molar-refractivity contribution in [1.82, 2.24) is 14.9 Å². The fourth-order valence-electron chi connectivity index (χ4n) is 2.68. The van der Waals surface area contributed by atoms with E-state index in [9.17, 15) is 4.79 Å². The summed E-state index contributed by atoms with van der Waals surface area (Å²) in [4.78, 5) is 16.8. The van der Waals surface area contributed by atoms with E-state index in [1.54, 1.807) is 7.11 Å². The van der Waals surface area contributed by atoms with Gasteiger partial charge in [0.15, 0.2) is 5.16 Å². The van der Waals surface area contributed by atoms with E-state index in [-0.39, 0.29) is 5.91 Å². The zero-order valence-corrected chi connectivity index (χ0v) is 15.2. The fourth-order valence-corrected chi connectivity index (χ4v) is 3.67. The summed E-state index contributed by atoms with van der Waals surface area (Å²) < 4.78 is 7.59. The predicted molar refractivity (Wildman–Crippen MR) is 95.5 cm³/mol. The summed E-state index contributed by atoms with van der Waals surface area (Å²) in [5, 5.41) is 3.91. The van der Waals surface area contributed by atoms with E-state index >= 15 is 0 Å². The molecule has 1 aliphatic carbocycles. The average Bonchev–Trinajstić information content (AvgIpc) is 3.38. The molecule has 1 fully saturated rings. The highest BCUT2D eigenvalue weighted by Gasteiger charge is 2.28. The Balaban J connectivity index is 1.56. The number of carbonyl (C=O) groups excluding carboxylic acids is 1. The second-order valence-corrected chi connectivity index (χ2v) is 6.99. The van der Waals surface area contributed by atoms with Gasteiger partial charge >= 0.3 is 0 Å². The number of methoxy groups -OCH3 is 1. The lowest BCUT2D eigenvalue weighted by molar-refractivity contribution is -0.118. The van der Waals surface area contributed by atoms with Gasteiger partial charge < -0.3 is 14.6 Å². The van der Waals surface area contributed by atoms with Crippen molar-refractivity contribution in [2.75, 3.05) is 12.9 Å². The van der Waals surface area contributed by atoms with Crippen LogP contribution < -0.4 is 10.1 Å². The Morgan fingerprint density at radius 3 is 2.83 bits per heavy atom. The highest BCUT2D eigenvalue weighted by Crippen LogP contribution is 2.39. The van der Waals surface area contributed by atoms with Gasteiger partial charge in [0.1, 0.15) is 5.75 Å². The molecule has 5 nitrogen and oxygen atoms in total. The number of thioether (sulfide) groups is 1. The number of para-hydroxylation sites is 1. The summed E-state index contributed by atoms with van der Waals surface area (Å²) in [6, 6.07) is 8.29. The lowest BCUT2D eigenvalue weighted by Gasteiger charge is -2.10. The summed E-state index contributed by atoms with van der Waals surface area (Å²) in [6.45, 7) is 4.60. The van der Waals surface area contributed by atoms with Gasteiger partial charge in [-0.3, -0.25) is 4.79 Å². The van der Waals surface area contributed by atoms with Gasteiger partial charge in [-0.25, -0.2) is 4.98 Å². The molecule has 1 aromatic heterocycles. The third-order valence-electron chi connectivity index (χ3n) is 4.27. The molecule has 0 radical (unpaired) electrons. The zero-order valence-electron chi connectivity index (χ0n) is 14.3. The number of nitrogens with one attached hydrogen (secondary N) is 1. The van der Waals surface area contributed by atoms with Crippen LogP contribution in [0.5, 0.6) is 5.75 Å². The largest absolute Gasteiger partial charge is 0.496 e. The minimum atomic E-state index is 0.00607. The molecule has 1 heterocycles. The van der Waals surface area contributed by atoms with E-state index < -0.39 is 0 Å². The molecule has 1 aromatic carbocycles. The number of hydrogen-bond donors (Lipinski definition) is 1. The van der Waals surface area contributed by atoms with Crippen LogP contribution in [0.1, 0.15) is 35.8 Å². The Morgan fingerprint density at radius 1 is 1.38 bits per heavy atom. The Morgan fingerprint density at radius 2 is 2.12 bits per heavy atom. The van der Waals surface area contributed by atoms with Gasteiger partial charge in [-0.1, -0.05) is 30.0 Å². The maximum atomic E-state index is 12.2. The molecule has 0 saturated heterocycles. The summed E-state index contributed by atoms with van der Waals surface area (Å²) in [5.41, 5.74) is 3.25. The molecule has 0 unspecified atom stereocenters. The van der Waals surface area contributed by atoms with Crippen molar-refractivity contribution >= 4 is 17.7 Å². The van der Waals surface area contributed by atoms with Gasteiger partial charge in [0.25, 0.3) is 0 Å². The molecular formula is C18H23N3O2S. The van der Waals surface area contributed by atoms with Crippen LogP contribution in [-0.2, 0) is 11.3 Å². The fraction of sp³-hybridized carbons (Fsp3) is 0.444. The number of aryl methyl sites for hydroxylation is 1. The summed E-state index contributed by atoms with van der Waals surface area (Å²) >= 11 is 1.51. The molecule has 2 aromatic rings. The average molecular weight is 345 g/mol. The van der Waals surface area contributed by atoms with Gasteiger partial charge in [-0.05, 0) is 32.8 Å². The third-order valence-corrected chi connectivity index (χ3v) is 5.22. The molecule has 6 heteroatoms. The van der Waals surface area contributed by atoms with Crippen LogP contribution in [0.2, 0.25) is 0 Å². The highest BCUT2D eigenvalue weighted by atomic mass is 32.2. The van der Waals surface area contributed by atoms with Crippen LogP contribution in [-0.4, -0.2) is 28.3 Å². The standard InChI is InChI=1S/C18H23N3O2S/c1-12-13(2)21(15-8-9-15)18(20-12)24-11-17(22)19-10-14-6-4-5-7-16(14)23-3/h4-7,15H,8-11H2,1-3H3,(H,19,22). The van der Waals surface area contributed by atoms with Gasteiger partial charge in [-0.15, -0.1) is 0 Å². The maximum Gasteiger partial charge on any atom is 0.230 e. The SMILES string of the molecule is COc1ccccc1CNC(=O)CSc1nc(C)c(C)n1C1CC1. The molecule has 24 heavy (non-hydrogen) atoms. The Hall–Kier alpha value is -1.95. The molecule has 0 atom stereocenters. The number of aromatic nitrogens is 2. The lowest BCUT2D eigenvalue weighted by atomic mass is 10.2. The van der Waals surface area contributed by atoms with Crippen LogP contribution in [0.4, 0.5) is 0 Å². The molecule has 128 valence electrons. The maximum absolute atomic E-state index is 12.2. The highest BCUT2D eigenvalue weighted by molar-refractivity contribution is 7.99. The van der Waals surface area contributed by atoms with Crippen molar-refractivity contribution in [2.45, 2.75) is 44.4 Å². The van der Waals surface area contributed by atoms with Crippen molar-refractivity contribution in [1.29, 1.82) is 0 Å². The first-order chi connectivity index (χ1) is 11.6. The normalized spacial score (nSPS) is 13.8. The third kappa shape index (κ3) is 3.75. The van der Waals surface area contributed by atoms with Crippen LogP contribution in [0.3, 0.4) is 0 Å². The Bertz CT molecular complexity index is 738. The van der Waals surface area contributed by atoms with E-state index in [0.29, 0.717) is 18.3 Å². The second-order valence-electron chi connectivity index (χ2n) is 6.04. The molecule has 1 amide bonds. The summed E-state index contributed by atoms with van der Waals surface area (Å²) in [5.74, 6) is 1.17. The monoisotopic (exact) mass is 345 g/mol. The number of carbonyl (C=O) groups is 1. The van der Waals surface area contributed by atoms with E-state index in [1.165, 1.54) is 30.3 Å². The van der Waals surface area contributed by atoms with Crippen molar-refractivity contribution < 1.29 is 9.53 Å². The molecule has 1 aliphatic rings. The first-order valence-electron chi connectivity index (χ1n) is 8.17. The number of hydrogen-bond acceptors (Lipinski definition) is 4. The van der Waals surface area contributed by atoms with E-state index in [0.717, 1.165) is 22.2 Å². The summed E-state index contributed by atoms with van der Waals surface area (Å²) in [6.07, 6.45) is 2.42. The Labute approximate surface area is 146 Å². The molecule has 0 spiro atoms. The minimum absolute atomic E-state index is 0.00607. The molecule has 1 N–H and O–H groups in total. The molecule has 1 saturated carbocycles. The first kappa shape index (κ1) is 16.9. The van der Waals surface area contributed by atoms with Gasteiger partial charge in [0, 0.05) is 23.8 Å². The molecule has 3 rings (SSSR count). The second kappa shape index (κ2) is 7.30. The van der Waals surface area contributed by atoms with Gasteiger partial charge in [0.2, 0.25) is 5.91 Å².